The van der Waals surface area contributed by atoms with Crippen LogP contribution < -0.4 is 0 Å². The van der Waals surface area contributed by atoms with Crippen LogP contribution in [0.15, 0.2) is 41.0 Å². The quantitative estimate of drug-likeness (QED) is 0.528. The van der Waals surface area contributed by atoms with Gasteiger partial charge in [-0.3, -0.25) is 0 Å². The Labute approximate surface area is 98.8 Å². The van der Waals surface area contributed by atoms with Crippen molar-refractivity contribution in [1.29, 1.82) is 0 Å². The molecule has 16 heavy (non-hydrogen) atoms. The van der Waals surface area contributed by atoms with Gasteiger partial charge in [0, 0.05) is 16.8 Å². The third kappa shape index (κ3) is 1.65. The first kappa shape index (κ1) is 11.0. The average molecular weight is 234 g/mol. The second kappa shape index (κ2) is 4.54. The van der Waals surface area contributed by atoms with Crippen LogP contribution in [0.3, 0.4) is 0 Å². The molecule has 3 aromatic rings. The van der Waals surface area contributed by atoms with Crippen LogP contribution in [0.4, 0.5) is 0 Å². The van der Waals surface area contributed by atoms with Crippen molar-refractivity contribution in [2.24, 2.45) is 0 Å². The Morgan fingerprint density at radius 1 is 1.06 bits per heavy atom. The van der Waals surface area contributed by atoms with Gasteiger partial charge in [0.25, 0.3) is 0 Å². The zero-order chi connectivity index (χ0) is 11.5. The van der Waals surface area contributed by atoms with E-state index < -0.39 is 0 Å². The minimum atomic E-state index is 0.523. The molecule has 2 heterocycles. The standard InChI is InChI=1S/C11H6ClNO.C2H6/c12-11-8-4-2-1-3-7(8)10-9(13-11)5-6-14-10;1-2/h1-6H;1-2H3. The average Bonchev–Trinajstić information content (AvgIpc) is 2.80. The molecule has 0 aliphatic rings. The molecule has 0 saturated heterocycles. The van der Waals surface area contributed by atoms with E-state index in [9.17, 15) is 0 Å². The molecule has 0 unspecified atom stereocenters. The van der Waals surface area contributed by atoms with Gasteiger partial charge < -0.3 is 4.42 Å². The molecule has 0 bridgehead atoms. The second-order valence-electron chi connectivity index (χ2n) is 3.08. The molecule has 0 saturated carbocycles. The first-order valence-corrected chi connectivity index (χ1v) is 5.65. The molecule has 0 N–H and O–H groups in total. The van der Waals surface area contributed by atoms with E-state index in [4.69, 9.17) is 16.0 Å². The van der Waals surface area contributed by atoms with Gasteiger partial charge >= 0.3 is 0 Å². The number of hydrogen-bond acceptors (Lipinski definition) is 2. The first-order valence-electron chi connectivity index (χ1n) is 5.28. The fourth-order valence-corrected chi connectivity index (χ4v) is 1.87. The summed E-state index contributed by atoms with van der Waals surface area (Å²) in [6.45, 7) is 4.00. The SMILES string of the molecule is CC.Clc1nc2ccoc2c2ccccc12. The summed E-state index contributed by atoms with van der Waals surface area (Å²) in [7, 11) is 0. The van der Waals surface area contributed by atoms with Crippen LogP contribution in [0, 0.1) is 0 Å². The summed E-state index contributed by atoms with van der Waals surface area (Å²) in [5.41, 5.74) is 1.60. The normalized spacial score (nSPS) is 10.2. The zero-order valence-corrected chi connectivity index (χ0v) is 9.95. The lowest BCUT2D eigenvalue weighted by Crippen LogP contribution is -1.80. The van der Waals surface area contributed by atoms with Crippen molar-refractivity contribution in [3.63, 3.8) is 0 Å². The number of furan rings is 1. The summed E-state index contributed by atoms with van der Waals surface area (Å²) in [6.07, 6.45) is 1.63. The number of pyridine rings is 1. The molecule has 3 rings (SSSR count). The molecule has 2 nitrogen and oxygen atoms in total. The van der Waals surface area contributed by atoms with Crippen molar-refractivity contribution in [1.82, 2.24) is 4.98 Å². The fourth-order valence-electron chi connectivity index (χ4n) is 1.62. The number of fused-ring (bicyclic) bond motifs is 3. The Bertz CT molecular complexity index is 615. The van der Waals surface area contributed by atoms with E-state index in [1.54, 1.807) is 6.26 Å². The monoisotopic (exact) mass is 233 g/mol. The molecule has 2 aromatic heterocycles. The number of hydrogen-bond donors (Lipinski definition) is 0. The van der Waals surface area contributed by atoms with Crippen LogP contribution in [0.2, 0.25) is 5.15 Å². The molecule has 82 valence electrons. The van der Waals surface area contributed by atoms with E-state index >= 15 is 0 Å². The lowest BCUT2D eigenvalue weighted by atomic mass is 10.1. The van der Waals surface area contributed by atoms with Crippen molar-refractivity contribution < 1.29 is 4.42 Å². The summed E-state index contributed by atoms with van der Waals surface area (Å²) < 4.78 is 5.37. The Hall–Kier alpha value is -1.54. The molecular formula is C13H12ClNO. The Kier molecular flexibility index (Phi) is 3.11. The molecule has 0 spiro atoms. The van der Waals surface area contributed by atoms with Gasteiger partial charge in [-0.15, -0.1) is 0 Å². The van der Waals surface area contributed by atoms with Crippen LogP contribution in [0.1, 0.15) is 13.8 Å². The number of halogens is 1. The Morgan fingerprint density at radius 3 is 2.50 bits per heavy atom. The molecule has 0 aliphatic heterocycles. The maximum Gasteiger partial charge on any atom is 0.160 e. The van der Waals surface area contributed by atoms with Gasteiger partial charge in [-0.2, -0.15) is 0 Å². The molecule has 0 fully saturated rings. The van der Waals surface area contributed by atoms with E-state index in [1.165, 1.54) is 0 Å². The molecule has 1 aromatic carbocycles. The third-order valence-electron chi connectivity index (χ3n) is 2.26. The van der Waals surface area contributed by atoms with Crippen molar-refractivity contribution in [3.8, 4) is 0 Å². The van der Waals surface area contributed by atoms with E-state index in [1.807, 2.05) is 44.2 Å². The number of rotatable bonds is 0. The molecule has 0 atom stereocenters. The minimum Gasteiger partial charge on any atom is -0.462 e. The Balaban J connectivity index is 0.000000457. The van der Waals surface area contributed by atoms with Gasteiger partial charge in [-0.1, -0.05) is 49.7 Å². The third-order valence-corrected chi connectivity index (χ3v) is 2.55. The van der Waals surface area contributed by atoms with Gasteiger partial charge in [-0.05, 0) is 0 Å². The van der Waals surface area contributed by atoms with Crippen LogP contribution >= 0.6 is 11.6 Å². The number of benzene rings is 1. The summed E-state index contributed by atoms with van der Waals surface area (Å²) in [4.78, 5) is 4.24. The van der Waals surface area contributed by atoms with Crippen LogP contribution in [-0.2, 0) is 0 Å². The highest BCUT2D eigenvalue weighted by Gasteiger charge is 2.07. The topological polar surface area (TPSA) is 26.0 Å². The van der Waals surface area contributed by atoms with Crippen LogP contribution in [0.25, 0.3) is 21.9 Å². The van der Waals surface area contributed by atoms with Gasteiger partial charge in [0.1, 0.15) is 10.7 Å². The zero-order valence-electron chi connectivity index (χ0n) is 9.20. The van der Waals surface area contributed by atoms with Gasteiger partial charge in [0.15, 0.2) is 5.58 Å². The summed E-state index contributed by atoms with van der Waals surface area (Å²) in [5.74, 6) is 0. The highest BCUT2D eigenvalue weighted by molar-refractivity contribution is 6.35. The van der Waals surface area contributed by atoms with Gasteiger partial charge in [0.05, 0.1) is 6.26 Å². The highest BCUT2D eigenvalue weighted by atomic mass is 35.5. The summed E-state index contributed by atoms with van der Waals surface area (Å²) in [6, 6.07) is 9.63. The smallest absolute Gasteiger partial charge is 0.160 e. The van der Waals surface area contributed by atoms with Gasteiger partial charge in [0.2, 0.25) is 0 Å². The van der Waals surface area contributed by atoms with Crippen molar-refractivity contribution in [2.75, 3.05) is 0 Å². The van der Waals surface area contributed by atoms with E-state index in [-0.39, 0.29) is 0 Å². The van der Waals surface area contributed by atoms with E-state index in [2.05, 4.69) is 4.98 Å². The first-order chi connectivity index (χ1) is 7.86. The van der Waals surface area contributed by atoms with Crippen molar-refractivity contribution in [3.05, 3.63) is 41.7 Å². The molecule has 0 aliphatic carbocycles. The van der Waals surface area contributed by atoms with Crippen LogP contribution in [0.5, 0.6) is 0 Å². The van der Waals surface area contributed by atoms with Crippen molar-refractivity contribution in [2.45, 2.75) is 13.8 Å². The predicted octanol–water partition coefficient (Wildman–Crippen LogP) is 4.66. The lowest BCUT2D eigenvalue weighted by Gasteiger charge is -1.99. The largest absolute Gasteiger partial charge is 0.462 e. The van der Waals surface area contributed by atoms with Gasteiger partial charge in [-0.25, -0.2) is 4.98 Å². The molecule has 3 heteroatoms. The molecule has 0 amide bonds. The number of nitrogens with zero attached hydrogens (tertiary/aromatic N) is 1. The van der Waals surface area contributed by atoms with E-state index in [0.717, 1.165) is 21.9 Å². The molecular weight excluding hydrogens is 222 g/mol. The highest BCUT2D eigenvalue weighted by Crippen LogP contribution is 2.29. The maximum atomic E-state index is 6.04. The predicted molar refractivity (Wildman–Crippen MR) is 67.9 cm³/mol. The Morgan fingerprint density at radius 2 is 1.75 bits per heavy atom. The van der Waals surface area contributed by atoms with Crippen molar-refractivity contribution >= 4 is 33.5 Å². The number of aromatic nitrogens is 1. The molecule has 0 radical (unpaired) electrons. The second-order valence-corrected chi connectivity index (χ2v) is 3.44. The lowest BCUT2D eigenvalue weighted by molar-refractivity contribution is 0.619. The fraction of sp³-hybridized carbons (Fsp3) is 0.154. The maximum absolute atomic E-state index is 6.04. The van der Waals surface area contributed by atoms with E-state index in [0.29, 0.717) is 5.15 Å². The minimum absolute atomic E-state index is 0.523. The van der Waals surface area contributed by atoms with Crippen LogP contribution in [-0.4, -0.2) is 4.98 Å². The summed E-state index contributed by atoms with van der Waals surface area (Å²) >= 11 is 6.04. The summed E-state index contributed by atoms with van der Waals surface area (Å²) in [5, 5.41) is 2.46.